The smallest absolute Gasteiger partial charge is 0.236 e. The second kappa shape index (κ2) is 9.10. The van der Waals surface area contributed by atoms with E-state index in [-0.39, 0.29) is 25.1 Å². The molecule has 0 heterocycles. The van der Waals surface area contributed by atoms with Crippen molar-refractivity contribution >= 4 is 29.1 Å². The number of aliphatic hydroxyl groups is 1. The van der Waals surface area contributed by atoms with Gasteiger partial charge in [-0.3, -0.25) is 4.79 Å². The van der Waals surface area contributed by atoms with E-state index in [0.717, 1.165) is 0 Å². The Balaban J connectivity index is 2.35. The van der Waals surface area contributed by atoms with Gasteiger partial charge in [-0.2, -0.15) is 0 Å². The molecule has 1 aromatic rings. The number of nitrogens with one attached hydrogen (secondary N) is 2. The fourth-order valence-corrected chi connectivity index (χ4v) is 1.90. The zero-order valence-electron chi connectivity index (χ0n) is 12.0. The van der Waals surface area contributed by atoms with Crippen molar-refractivity contribution in [1.82, 2.24) is 10.6 Å². The van der Waals surface area contributed by atoms with Crippen LogP contribution in [0.3, 0.4) is 0 Å². The third-order valence-electron chi connectivity index (χ3n) is 2.73. The van der Waals surface area contributed by atoms with Crippen LogP contribution in [0.15, 0.2) is 18.2 Å². The number of ether oxygens (including phenoxy) is 1. The summed E-state index contributed by atoms with van der Waals surface area (Å²) < 4.78 is 5.41. The van der Waals surface area contributed by atoms with Gasteiger partial charge in [-0.15, -0.1) is 0 Å². The molecular weight excluding hydrogens is 315 g/mol. The predicted octanol–water partition coefficient (Wildman–Crippen LogP) is 1.85. The van der Waals surface area contributed by atoms with Gasteiger partial charge in [-0.05, 0) is 26.0 Å². The average molecular weight is 335 g/mol. The molecule has 1 aromatic carbocycles. The summed E-state index contributed by atoms with van der Waals surface area (Å²) in [5.41, 5.74) is 0. The minimum atomic E-state index is -0.767. The van der Waals surface area contributed by atoms with Crippen molar-refractivity contribution in [3.8, 4) is 5.75 Å². The number of rotatable bonds is 8. The van der Waals surface area contributed by atoms with Crippen molar-refractivity contribution < 1.29 is 14.6 Å². The number of hydrogen-bond donors (Lipinski definition) is 3. The zero-order chi connectivity index (χ0) is 15.8. The maximum Gasteiger partial charge on any atom is 0.236 e. The van der Waals surface area contributed by atoms with Crippen molar-refractivity contribution in [2.24, 2.45) is 0 Å². The number of likely N-dealkylation sites (N-methyl/N-ethyl adjacent to an activating group) is 1. The Morgan fingerprint density at radius 3 is 2.81 bits per heavy atom. The highest BCUT2D eigenvalue weighted by Gasteiger charge is 2.14. The van der Waals surface area contributed by atoms with Crippen molar-refractivity contribution in [3.05, 3.63) is 28.2 Å². The van der Waals surface area contributed by atoms with E-state index in [9.17, 15) is 9.90 Å². The van der Waals surface area contributed by atoms with Crippen LogP contribution in [0.25, 0.3) is 0 Å². The second-order valence-electron chi connectivity index (χ2n) is 4.56. The Morgan fingerprint density at radius 2 is 2.14 bits per heavy atom. The van der Waals surface area contributed by atoms with Gasteiger partial charge in [0.2, 0.25) is 5.91 Å². The molecule has 21 heavy (non-hydrogen) atoms. The third kappa shape index (κ3) is 6.52. The quantitative estimate of drug-likeness (QED) is 0.678. The van der Waals surface area contributed by atoms with Gasteiger partial charge in [0.1, 0.15) is 18.5 Å². The third-order valence-corrected chi connectivity index (χ3v) is 3.28. The van der Waals surface area contributed by atoms with E-state index in [1.807, 2.05) is 6.92 Å². The summed E-state index contributed by atoms with van der Waals surface area (Å²) in [6.07, 6.45) is -0.767. The Labute approximate surface area is 134 Å². The lowest BCUT2D eigenvalue weighted by Crippen LogP contribution is -2.45. The van der Waals surface area contributed by atoms with Crippen molar-refractivity contribution in [2.75, 3.05) is 19.7 Å². The summed E-state index contributed by atoms with van der Waals surface area (Å²) in [7, 11) is 0. The molecule has 0 aliphatic rings. The number of hydrogen-bond acceptors (Lipinski definition) is 4. The maximum atomic E-state index is 11.5. The van der Waals surface area contributed by atoms with Crippen LogP contribution >= 0.6 is 23.2 Å². The first-order valence-electron chi connectivity index (χ1n) is 6.71. The van der Waals surface area contributed by atoms with E-state index in [2.05, 4.69) is 10.6 Å². The molecule has 0 bridgehead atoms. The van der Waals surface area contributed by atoms with Crippen molar-refractivity contribution in [3.63, 3.8) is 0 Å². The summed E-state index contributed by atoms with van der Waals surface area (Å²) >= 11 is 11.8. The molecule has 7 heteroatoms. The predicted molar refractivity (Wildman–Crippen MR) is 84.1 cm³/mol. The lowest BCUT2D eigenvalue weighted by atomic mass is 10.3. The Bertz CT molecular complexity index is 472. The number of benzene rings is 1. The standard InChI is InChI=1S/C14H20Cl2N2O3/c1-3-17-14(20)9(2)18-7-11(19)8-21-13-6-10(15)4-5-12(13)16/h4-6,9,11,18-19H,3,7-8H2,1-2H3,(H,17,20). The van der Waals surface area contributed by atoms with E-state index < -0.39 is 6.10 Å². The molecule has 5 nitrogen and oxygen atoms in total. The minimum absolute atomic E-state index is 0.0508. The van der Waals surface area contributed by atoms with Crippen LogP contribution in [0.1, 0.15) is 13.8 Å². The monoisotopic (exact) mass is 334 g/mol. The van der Waals surface area contributed by atoms with E-state index in [0.29, 0.717) is 22.3 Å². The summed E-state index contributed by atoms with van der Waals surface area (Å²) in [5, 5.41) is 16.4. The molecule has 0 aliphatic heterocycles. The molecule has 0 spiro atoms. The van der Waals surface area contributed by atoms with Gasteiger partial charge in [0.25, 0.3) is 0 Å². The van der Waals surface area contributed by atoms with E-state index in [4.69, 9.17) is 27.9 Å². The Hall–Kier alpha value is -1.01. The molecule has 0 saturated heterocycles. The molecule has 2 unspecified atom stereocenters. The molecule has 0 aromatic heterocycles. The highest BCUT2D eigenvalue weighted by molar-refractivity contribution is 6.34. The molecule has 3 N–H and O–H groups in total. The molecule has 0 radical (unpaired) electrons. The fraction of sp³-hybridized carbons (Fsp3) is 0.500. The van der Waals surface area contributed by atoms with Crippen LogP contribution in [-0.2, 0) is 4.79 Å². The molecule has 1 rings (SSSR count). The van der Waals surface area contributed by atoms with Crippen molar-refractivity contribution in [1.29, 1.82) is 0 Å². The van der Waals surface area contributed by atoms with Gasteiger partial charge in [-0.25, -0.2) is 0 Å². The summed E-state index contributed by atoms with van der Waals surface area (Å²) in [5.74, 6) is 0.309. The van der Waals surface area contributed by atoms with Gasteiger partial charge >= 0.3 is 0 Å². The normalized spacial score (nSPS) is 13.6. The molecule has 2 atom stereocenters. The van der Waals surface area contributed by atoms with E-state index in [1.54, 1.807) is 25.1 Å². The van der Waals surface area contributed by atoms with E-state index >= 15 is 0 Å². The van der Waals surface area contributed by atoms with Crippen LogP contribution in [0.4, 0.5) is 0 Å². The fourth-order valence-electron chi connectivity index (χ4n) is 1.57. The molecular formula is C14H20Cl2N2O3. The summed E-state index contributed by atoms with van der Waals surface area (Å²) in [4.78, 5) is 11.5. The van der Waals surface area contributed by atoms with Crippen LogP contribution in [-0.4, -0.2) is 42.9 Å². The van der Waals surface area contributed by atoms with Crippen LogP contribution < -0.4 is 15.4 Å². The first-order valence-corrected chi connectivity index (χ1v) is 7.46. The number of carbonyl (C=O) groups is 1. The van der Waals surface area contributed by atoms with Gasteiger partial charge in [0, 0.05) is 24.2 Å². The molecule has 0 aliphatic carbocycles. The van der Waals surface area contributed by atoms with Gasteiger partial charge in [0.05, 0.1) is 11.1 Å². The SMILES string of the molecule is CCNC(=O)C(C)NCC(O)COc1cc(Cl)ccc1Cl. The first kappa shape index (κ1) is 18.0. The highest BCUT2D eigenvalue weighted by atomic mass is 35.5. The Morgan fingerprint density at radius 1 is 1.43 bits per heavy atom. The first-order chi connectivity index (χ1) is 9.93. The topological polar surface area (TPSA) is 70.6 Å². The molecule has 0 fully saturated rings. The highest BCUT2D eigenvalue weighted by Crippen LogP contribution is 2.27. The second-order valence-corrected chi connectivity index (χ2v) is 5.41. The number of amides is 1. The lowest BCUT2D eigenvalue weighted by Gasteiger charge is -2.17. The van der Waals surface area contributed by atoms with Gasteiger partial charge in [0.15, 0.2) is 0 Å². The van der Waals surface area contributed by atoms with Gasteiger partial charge in [-0.1, -0.05) is 23.2 Å². The van der Waals surface area contributed by atoms with Crippen LogP contribution in [0.2, 0.25) is 10.0 Å². The summed E-state index contributed by atoms with van der Waals surface area (Å²) in [6, 6.07) is 4.49. The van der Waals surface area contributed by atoms with Crippen LogP contribution in [0.5, 0.6) is 5.75 Å². The number of halogens is 2. The van der Waals surface area contributed by atoms with E-state index in [1.165, 1.54) is 0 Å². The van der Waals surface area contributed by atoms with Gasteiger partial charge < -0.3 is 20.5 Å². The molecule has 0 saturated carbocycles. The average Bonchev–Trinajstić information content (AvgIpc) is 2.45. The summed E-state index contributed by atoms with van der Waals surface area (Å²) in [6.45, 7) is 4.43. The largest absolute Gasteiger partial charge is 0.489 e. The number of aliphatic hydroxyl groups excluding tert-OH is 1. The zero-order valence-corrected chi connectivity index (χ0v) is 13.5. The van der Waals surface area contributed by atoms with Crippen molar-refractivity contribution in [2.45, 2.75) is 26.0 Å². The van der Waals surface area contributed by atoms with Crippen LogP contribution in [0, 0.1) is 0 Å². The molecule has 1 amide bonds. The number of carbonyl (C=O) groups excluding carboxylic acids is 1. The maximum absolute atomic E-state index is 11.5. The molecule has 118 valence electrons. The Kier molecular flexibility index (Phi) is 7.82. The minimum Gasteiger partial charge on any atom is -0.489 e. The lowest BCUT2D eigenvalue weighted by molar-refractivity contribution is -0.122.